The normalized spacial score (nSPS) is 10.8. The lowest BCUT2D eigenvalue weighted by atomic mass is 10.2. The molecule has 0 spiro atoms. The van der Waals surface area contributed by atoms with Gasteiger partial charge < -0.3 is 5.73 Å². The molecule has 0 atom stereocenters. The maximum Gasteiger partial charge on any atom is 0.415 e. The summed E-state index contributed by atoms with van der Waals surface area (Å²) in [5.41, 5.74) is 9.14. The molecule has 0 aliphatic carbocycles. The average Bonchev–Trinajstić information content (AvgIpc) is 2.65. The summed E-state index contributed by atoms with van der Waals surface area (Å²) in [5.74, 6) is 0. The van der Waals surface area contributed by atoms with E-state index >= 15 is 0 Å². The minimum Gasteiger partial charge on any atom is -0.330 e. The van der Waals surface area contributed by atoms with Crippen LogP contribution in [-0.4, -0.2) is 16.7 Å². The lowest BCUT2D eigenvalue weighted by Gasteiger charge is -2.03. The van der Waals surface area contributed by atoms with Crippen LogP contribution in [0.4, 0.5) is 0 Å². The summed E-state index contributed by atoms with van der Waals surface area (Å²) < 4.78 is 2.13. The zero-order valence-electron chi connectivity index (χ0n) is 10.4. The average molecular weight is 249 g/mol. The Balaban J connectivity index is 2.45. The zero-order chi connectivity index (χ0) is 12.4. The van der Waals surface area contributed by atoms with E-state index < -0.39 is 0 Å². The van der Waals surface area contributed by atoms with Crippen molar-refractivity contribution in [1.82, 2.24) is 10.2 Å². The quantitative estimate of drug-likeness (QED) is 0.833. The first-order chi connectivity index (χ1) is 8.11. The largest absolute Gasteiger partial charge is 0.415 e. The van der Waals surface area contributed by atoms with Gasteiger partial charge in [-0.25, -0.2) is 0 Å². The fourth-order valence-corrected chi connectivity index (χ4v) is 2.94. The van der Waals surface area contributed by atoms with Crippen molar-refractivity contribution in [2.45, 2.75) is 27.2 Å². The molecule has 2 rings (SSSR count). The van der Waals surface area contributed by atoms with Gasteiger partial charge in [-0.15, -0.1) is 0 Å². The van der Waals surface area contributed by atoms with Crippen LogP contribution in [0.15, 0.2) is 12.1 Å². The molecule has 0 saturated carbocycles. The van der Waals surface area contributed by atoms with E-state index in [9.17, 15) is 0 Å². The molecule has 4 nitrogen and oxygen atoms in total. The first kappa shape index (κ1) is 12.1. The topological polar surface area (TPSA) is 55.7 Å². The van der Waals surface area contributed by atoms with E-state index in [1.807, 2.05) is 0 Å². The Hall–Kier alpha value is -1.33. The summed E-state index contributed by atoms with van der Waals surface area (Å²) in [4.78, 5) is 0. The van der Waals surface area contributed by atoms with Gasteiger partial charge in [0.25, 0.3) is 0 Å². The number of aryl methyl sites for hydroxylation is 3. The monoisotopic (exact) mass is 249 g/mol. The molecule has 5 heteroatoms. The summed E-state index contributed by atoms with van der Waals surface area (Å²) in [7, 11) is 0. The SMILES string of the molecule is Cc1cc(C)[n+](-c2nnc(CCN)s2)c(C)c1. The molecule has 2 aromatic heterocycles. The predicted molar refractivity (Wildman–Crippen MR) is 68.4 cm³/mol. The molecule has 0 radical (unpaired) electrons. The van der Waals surface area contributed by atoms with Gasteiger partial charge in [0.15, 0.2) is 0 Å². The molecular formula is C12H17N4S+. The van der Waals surface area contributed by atoms with Crippen LogP contribution in [-0.2, 0) is 6.42 Å². The minimum absolute atomic E-state index is 0.616. The number of nitrogens with zero attached hydrogens (tertiary/aromatic N) is 3. The van der Waals surface area contributed by atoms with Gasteiger partial charge in [0.2, 0.25) is 0 Å². The van der Waals surface area contributed by atoms with E-state index in [2.05, 4.69) is 47.7 Å². The number of aromatic nitrogens is 3. The molecule has 2 heterocycles. The smallest absolute Gasteiger partial charge is 0.330 e. The summed E-state index contributed by atoms with van der Waals surface area (Å²) in [6, 6.07) is 4.30. The molecule has 0 amide bonds. The van der Waals surface area contributed by atoms with Crippen molar-refractivity contribution < 1.29 is 4.57 Å². The van der Waals surface area contributed by atoms with Gasteiger partial charge in [-0.1, -0.05) is 0 Å². The first-order valence-electron chi connectivity index (χ1n) is 5.64. The van der Waals surface area contributed by atoms with Crippen LogP contribution >= 0.6 is 11.3 Å². The highest BCUT2D eigenvalue weighted by molar-refractivity contribution is 7.13. The van der Waals surface area contributed by atoms with E-state index in [1.54, 1.807) is 11.3 Å². The summed E-state index contributed by atoms with van der Waals surface area (Å²) in [6.45, 7) is 6.89. The Morgan fingerprint density at radius 3 is 2.41 bits per heavy atom. The van der Waals surface area contributed by atoms with Crippen LogP contribution in [0.3, 0.4) is 0 Å². The number of rotatable bonds is 3. The van der Waals surface area contributed by atoms with Crippen molar-refractivity contribution in [2.75, 3.05) is 6.54 Å². The van der Waals surface area contributed by atoms with Crippen molar-refractivity contribution in [3.63, 3.8) is 0 Å². The second-order valence-electron chi connectivity index (χ2n) is 4.17. The van der Waals surface area contributed by atoms with E-state index in [0.717, 1.165) is 16.6 Å². The molecule has 17 heavy (non-hydrogen) atoms. The predicted octanol–water partition coefficient (Wildman–Crippen LogP) is 1.24. The summed E-state index contributed by atoms with van der Waals surface area (Å²) >= 11 is 1.61. The van der Waals surface area contributed by atoms with Crippen molar-refractivity contribution in [1.29, 1.82) is 0 Å². The van der Waals surface area contributed by atoms with Gasteiger partial charge in [0.05, 0.1) is 5.10 Å². The van der Waals surface area contributed by atoms with Gasteiger partial charge in [-0.3, -0.25) is 0 Å². The minimum atomic E-state index is 0.616. The molecule has 0 fully saturated rings. The van der Waals surface area contributed by atoms with Crippen LogP contribution in [0.25, 0.3) is 5.13 Å². The molecule has 0 unspecified atom stereocenters. The van der Waals surface area contributed by atoms with Crippen molar-refractivity contribution >= 4 is 11.3 Å². The third-order valence-electron chi connectivity index (χ3n) is 2.58. The Kier molecular flexibility index (Phi) is 3.49. The van der Waals surface area contributed by atoms with Gasteiger partial charge in [0.1, 0.15) is 16.4 Å². The second kappa shape index (κ2) is 4.89. The van der Waals surface area contributed by atoms with Gasteiger partial charge >= 0.3 is 5.13 Å². The molecular weight excluding hydrogens is 232 g/mol. The van der Waals surface area contributed by atoms with E-state index in [-0.39, 0.29) is 0 Å². The number of pyridine rings is 1. The molecule has 0 aromatic carbocycles. The van der Waals surface area contributed by atoms with Gasteiger partial charge in [-0.05, 0) is 61.4 Å². The molecule has 2 aromatic rings. The van der Waals surface area contributed by atoms with Gasteiger partial charge in [-0.2, -0.15) is 4.57 Å². The van der Waals surface area contributed by atoms with E-state index in [0.29, 0.717) is 6.54 Å². The molecule has 0 bridgehead atoms. The third kappa shape index (κ3) is 2.50. The summed E-state index contributed by atoms with van der Waals surface area (Å²) in [6.07, 6.45) is 0.794. The molecule has 0 aliphatic rings. The Morgan fingerprint density at radius 1 is 1.18 bits per heavy atom. The van der Waals surface area contributed by atoms with Crippen LogP contribution in [0, 0.1) is 20.8 Å². The van der Waals surface area contributed by atoms with Crippen LogP contribution < -0.4 is 10.3 Å². The van der Waals surface area contributed by atoms with Crippen LogP contribution in [0.2, 0.25) is 0 Å². The maximum atomic E-state index is 5.52. The molecule has 2 N–H and O–H groups in total. The van der Waals surface area contributed by atoms with Crippen LogP contribution in [0.1, 0.15) is 22.0 Å². The van der Waals surface area contributed by atoms with Crippen molar-refractivity contribution in [3.8, 4) is 5.13 Å². The maximum absolute atomic E-state index is 5.52. The molecule has 90 valence electrons. The fraction of sp³-hybridized carbons (Fsp3) is 0.417. The molecule has 0 aliphatic heterocycles. The lowest BCUT2D eigenvalue weighted by molar-refractivity contribution is -0.609. The number of nitrogens with two attached hydrogens (primary N) is 1. The lowest BCUT2D eigenvalue weighted by Crippen LogP contribution is -2.37. The standard InChI is InChI=1S/C12H17N4S/c1-8-6-9(2)16(10(3)7-8)12-15-14-11(17-12)4-5-13/h6-7H,4-5,13H2,1-3H3/q+1. The Morgan fingerprint density at radius 2 is 1.82 bits per heavy atom. The van der Waals surface area contributed by atoms with Crippen molar-refractivity contribution in [3.05, 3.63) is 34.1 Å². The highest BCUT2D eigenvalue weighted by Crippen LogP contribution is 2.12. The Labute approximate surface area is 105 Å². The van der Waals surface area contributed by atoms with Crippen LogP contribution in [0.5, 0.6) is 0 Å². The van der Waals surface area contributed by atoms with E-state index in [4.69, 9.17) is 5.73 Å². The fourth-order valence-electron chi connectivity index (χ4n) is 1.97. The zero-order valence-corrected chi connectivity index (χ0v) is 11.2. The molecule has 0 saturated heterocycles. The highest BCUT2D eigenvalue weighted by atomic mass is 32.1. The highest BCUT2D eigenvalue weighted by Gasteiger charge is 2.19. The van der Waals surface area contributed by atoms with Crippen molar-refractivity contribution in [2.24, 2.45) is 5.73 Å². The first-order valence-corrected chi connectivity index (χ1v) is 6.46. The van der Waals surface area contributed by atoms with Gasteiger partial charge in [0, 0.05) is 6.42 Å². The number of hydrogen-bond donors (Lipinski definition) is 1. The number of hydrogen-bond acceptors (Lipinski definition) is 4. The summed E-state index contributed by atoms with van der Waals surface area (Å²) in [5, 5.41) is 10.3. The second-order valence-corrected chi connectivity index (χ2v) is 5.21. The van der Waals surface area contributed by atoms with E-state index in [1.165, 1.54) is 17.0 Å². The third-order valence-corrected chi connectivity index (χ3v) is 3.55. The Bertz CT molecular complexity index is 510.